The molecule has 1 amide bonds. The topological polar surface area (TPSA) is 20.3 Å². The first-order valence-electron chi connectivity index (χ1n) is 3.63. The third kappa shape index (κ3) is 1.93. The van der Waals surface area contributed by atoms with Crippen LogP contribution in [0.2, 0.25) is 0 Å². The van der Waals surface area contributed by atoms with Gasteiger partial charge in [0.2, 0.25) is 5.91 Å². The average Bonchev–Trinajstić information content (AvgIpc) is 2.05. The third-order valence-corrected chi connectivity index (χ3v) is 1.54. The number of carbonyl (C=O) groups excluding carboxylic acids is 1. The van der Waals surface area contributed by atoms with Crippen molar-refractivity contribution in [3.63, 3.8) is 0 Å². The first-order valence-corrected chi connectivity index (χ1v) is 3.63. The molecule has 0 aromatic rings. The van der Waals surface area contributed by atoms with Crippen molar-refractivity contribution in [1.82, 2.24) is 4.90 Å². The van der Waals surface area contributed by atoms with Crippen LogP contribution < -0.4 is 0 Å². The Balaban J connectivity index is 2.66. The molecular weight excluding hydrogens is 138 g/mol. The molecule has 1 rings (SSSR count). The van der Waals surface area contributed by atoms with Crippen LogP contribution >= 0.6 is 0 Å². The second-order valence-electron chi connectivity index (χ2n) is 2.69. The maximum atomic E-state index is 11.3. The Morgan fingerprint density at radius 1 is 1.55 bits per heavy atom. The SMILES string of the molecule is CN(C)C(=O)C1=CC=CC[CH]1. The summed E-state index contributed by atoms with van der Waals surface area (Å²) in [5.74, 6) is 0.0781. The van der Waals surface area contributed by atoms with Gasteiger partial charge >= 0.3 is 0 Å². The largest absolute Gasteiger partial charge is 0.345 e. The molecule has 0 atom stereocenters. The molecule has 0 heterocycles. The van der Waals surface area contributed by atoms with Crippen molar-refractivity contribution in [2.45, 2.75) is 6.42 Å². The number of nitrogens with zero attached hydrogens (tertiary/aromatic N) is 1. The van der Waals surface area contributed by atoms with Crippen LogP contribution in [0, 0.1) is 6.42 Å². The second kappa shape index (κ2) is 3.37. The van der Waals surface area contributed by atoms with Gasteiger partial charge in [-0.2, -0.15) is 0 Å². The maximum Gasteiger partial charge on any atom is 0.249 e. The number of hydrogen-bond donors (Lipinski definition) is 0. The molecule has 0 spiro atoms. The molecular formula is C9H12NO. The van der Waals surface area contributed by atoms with E-state index in [4.69, 9.17) is 0 Å². The number of likely N-dealkylation sites (N-methyl/N-ethyl adjacent to an activating group) is 1. The minimum Gasteiger partial charge on any atom is -0.345 e. The Morgan fingerprint density at radius 2 is 2.27 bits per heavy atom. The highest BCUT2D eigenvalue weighted by Gasteiger charge is 2.11. The van der Waals surface area contributed by atoms with Gasteiger partial charge in [0.25, 0.3) is 0 Å². The van der Waals surface area contributed by atoms with Crippen molar-refractivity contribution in [2.24, 2.45) is 0 Å². The molecule has 1 aliphatic carbocycles. The lowest BCUT2D eigenvalue weighted by Crippen LogP contribution is -2.24. The van der Waals surface area contributed by atoms with Gasteiger partial charge in [-0.1, -0.05) is 18.2 Å². The van der Waals surface area contributed by atoms with Gasteiger partial charge in [0.1, 0.15) is 0 Å². The fraction of sp³-hybridized carbons (Fsp3) is 0.333. The number of allylic oxidation sites excluding steroid dienone is 3. The van der Waals surface area contributed by atoms with Gasteiger partial charge in [0.05, 0.1) is 0 Å². The lowest BCUT2D eigenvalue weighted by Gasteiger charge is -2.13. The van der Waals surface area contributed by atoms with E-state index in [-0.39, 0.29) is 5.91 Å². The summed E-state index contributed by atoms with van der Waals surface area (Å²) < 4.78 is 0. The van der Waals surface area contributed by atoms with Crippen LogP contribution in [0.5, 0.6) is 0 Å². The molecule has 0 saturated carbocycles. The van der Waals surface area contributed by atoms with Crippen LogP contribution in [0.15, 0.2) is 23.8 Å². The summed E-state index contributed by atoms with van der Waals surface area (Å²) in [6.45, 7) is 0. The average molecular weight is 150 g/mol. The van der Waals surface area contributed by atoms with Gasteiger partial charge in [0, 0.05) is 26.1 Å². The Kier molecular flexibility index (Phi) is 2.47. The fourth-order valence-corrected chi connectivity index (χ4v) is 0.930. The molecule has 0 saturated heterocycles. The van der Waals surface area contributed by atoms with Crippen LogP contribution in [0.3, 0.4) is 0 Å². The zero-order valence-electron chi connectivity index (χ0n) is 6.87. The van der Waals surface area contributed by atoms with E-state index in [0.29, 0.717) is 0 Å². The Hall–Kier alpha value is -1.05. The highest BCUT2D eigenvalue weighted by atomic mass is 16.2. The molecule has 0 bridgehead atoms. The molecule has 11 heavy (non-hydrogen) atoms. The van der Waals surface area contributed by atoms with E-state index in [2.05, 4.69) is 0 Å². The van der Waals surface area contributed by atoms with E-state index in [1.54, 1.807) is 19.0 Å². The van der Waals surface area contributed by atoms with E-state index < -0.39 is 0 Å². The lowest BCUT2D eigenvalue weighted by atomic mass is 10.0. The first-order chi connectivity index (χ1) is 5.22. The van der Waals surface area contributed by atoms with Gasteiger partial charge in [-0.05, 0) is 6.42 Å². The summed E-state index contributed by atoms with van der Waals surface area (Å²) in [7, 11) is 3.52. The fourth-order valence-electron chi connectivity index (χ4n) is 0.930. The number of rotatable bonds is 1. The molecule has 59 valence electrons. The minimum atomic E-state index is 0.0781. The van der Waals surface area contributed by atoms with Crippen molar-refractivity contribution >= 4 is 5.91 Å². The minimum absolute atomic E-state index is 0.0781. The zero-order chi connectivity index (χ0) is 8.27. The van der Waals surface area contributed by atoms with E-state index in [1.807, 2.05) is 24.6 Å². The van der Waals surface area contributed by atoms with Gasteiger partial charge in [-0.15, -0.1) is 0 Å². The maximum absolute atomic E-state index is 11.3. The predicted octanol–water partition coefficient (Wildman–Crippen LogP) is 1.17. The summed E-state index contributed by atoms with van der Waals surface area (Å²) in [6, 6.07) is 0. The van der Waals surface area contributed by atoms with Crippen molar-refractivity contribution < 1.29 is 4.79 Å². The molecule has 0 aliphatic heterocycles. The van der Waals surface area contributed by atoms with Gasteiger partial charge in [-0.25, -0.2) is 0 Å². The summed E-state index contributed by atoms with van der Waals surface area (Å²) in [5, 5.41) is 0. The van der Waals surface area contributed by atoms with E-state index in [1.165, 1.54) is 0 Å². The van der Waals surface area contributed by atoms with Crippen LogP contribution in [-0.4, -0.2) is 24.9 Å². The summed E-state index contributed by atoms with van der Waals surface area (Å²) >= 11 is 0. The highest BCUT2D eigenvalue weighted by Crippen LogP contribution is 2.11. The van der Waals surface area contributed by atoms with Crippen molar-refractivity contribution in [1.29, 1.82) is 0 Å². The molecule has 1 aliphatic rings. The van der Waals surface area contributed by atoms with Crippen LogP contribution in [0.25, 0.3) is 0 Å². The predicted molar refractivity (Wildman–Crippen MR) is 44.8 cm³/mol. The zero-order valence-corrected chi connectivity index (χ0v) is 6.87. The van der Waals surface area contributed by atoms with Crippen LogP contribution in [0.4, 0.5) is 0 Å². The van der Waals surface area contributed by atoms with Crippen molar-refractivity contribution in [3.05, 3.63) is 30.2 Å². The highest BCUT2D eigenvalue weighted by molar-refractivity contribution is 5.95. The summed E-state index contributed by atoms with van der Waals surface area (Å²) in [5.41, 5.74) is 0.789. The third-order valence-electron chi connectivity index (χ3n) is 1.54. The van der Waals surface area contributed by atoms with Crippen molar-refractivity contribution in [3.8, 4) is 0 Å². The number of carbonyl (C=O) groups is 1. The molecule has 0 aromatic carbocycles. The summed E-state index contributed by atoms with van der Waals surface area (Å²) in [6.07, 6.45) is 8.57. The first kappa shape index (κ1) is 8.05. The molecule has 0 aromatic heterocycles. The van der Waals surface area contributed by atoms with Crippen LogP contribution in [-0.2, 0) is 4.79 Å². The van der Waals surface area contributed by atoms with Crippen molar-refractivity contribution in [2.75, 3.05) is 14.1 Å². The molecule has 0 fully saturated rings. The standard InChI is InChI=1S/C9H12NO/c1-10(2)9(11)8-6-4-3-5-7-8/h3-4,6-7H,5H2,1-2H3. The Morgan fingerprint density at radius 3 is 2.73 bits per heavy atom. The lowest BCUT2D eigenvalue weighted by molar-refractivity contribution is -0.124. The molecule has 0 unspecified atom stereocenters. The van der Waals surface area contributed by atoms with E-state index in [0.717, 1.165) is 12.0 Å². The Labute approximate surface area is 67.2 Å². The monoisotopic (exact) mass is 150 g/mol. The number of hydrogen-bond acceptors (Lipinski definition) is 1. The normalized spacial score (nSPS) is 16.0. The molecule has 0 N–H and O–H groups in total. The smallest absolute Gasteiger partial charge is 0.249 e. The summed E-state index contributed by atoms with van der Waals surface area (Å²) in [4.78, 5) is 12.9. The van der Waals surface area contributed by atoms with Gasteiger partial charge in [0.15, 0.2) is 0 Å². The second-order valence-corrected chi connectivity index (χ2v) is 2.69. The van der Waals surface area contributed by atoms with Crippen LogP contribution in [0.1, 0.15) is 6.42 Å². The molecule has 1 radical (unpaired) electrons. The van der Waals surface area contributed by atoms with Gasteiger partial charge in [-0.3, -0.25) is 4.79 Å². The Bertz CT molecular complexity index is 214. The molecule has 2 nitrogen and oxygen atoms in total. The van der Waals surface area contributed by atoms with E-state index in [9.17, 15) is 4.79 Å². The van der Waals surface area contributed by atoms with Gasteiger partial charge < -0.3 is 4.90 Å². The van der Waals surface area contributed by atoms with E-state index >= 15 is 0 Å². The quantitative estimate of drug-likeness (QED) is 0.549. The molecule has 2 heteroatoms. The number of amides is 1.